The molecule has 1 aromatic rings. The topological polar surface area (TPSA) is 73.0 Å². The van der Waals surface area contributed by atoms with Crippen LogP contribution in [0.2, 0.25) is 0 Å². The summed E-state index contributed by atoms with van der Waals surface area (Å²) in [5, 5.41) is 2.13. The predicted octanol–water partition coefficient (Wildman–Crippen LogP) is 0.836. The van der Waals surface area contributed by atoms with Crippen molar-refractivity contribution in [2.45, 2.75) is 32.4 Å². The van der Waals surface area contributed by atoms with Crippen LogP contribution in [0.15, 0.2) is 18.2 Å². The van der Waals surface area contributed by atoms with Crippen molar-refractivity contribution in [1.82, 2.24) is 15.1 Å². The van der Waals surface area contributed by atoms with E-state index in [9.17, 15) is 14.4 Å². The van der Waals surface area contributed by atoms with E-state index in [1.165, 1.54) is 5.69 Å². The van der Waals surface area contributed by atoms with Gasteiger partial charge >= 0.3 is 0 Å². The Balaban J connectivity index is 1.65. The SMILES string of the molecule is CC(CCC(=O)NC=O)N1Cc2cc(N3CCN(C)CC3)ccc2C1=O. The van der Waals surface area contributed by atoms with Crippen LogP contribution in [0.1, 0.15) is 35.7 Å². The van der Waals surface area contributed by atoms with Crippen molar-refractivity contribution in [2.75, 3.05) is 38.1 Å². The van der Waals surface area contributed by atoms with Gasteiger partial charge in [0.1, 0.15) is 0 Å². The molecule has 0 aromatic heterocycles. The monoisotopic (exact) mass is 358 g/mol. The standard InChI is InChI=1S/C19H26N4O3/c1-14(3-6-18(25)20-13-24)23-12-15-11-16(4-5-17(15)19(23)26)22-9-7-21(2)8-10-22/h4-5,11,13-14H,3,6-10,12H2,1-2H3,(H,20,24,25). The quantitative estimate of drug-likeness (QED) is 0.763. The van der Waals surface area contributed by atoms with E-state index in [2.05, 4.69) is 28.2 Å². The first-order valence-corrected chi connectivity index (χ1v) is 9.10. The molecule has 2 aliphatic heterocycles. The average molecular weight is 358 g/mol. The molecule has 0 radical (unpaired) electrons. The number of benzene rings is 1. The van der Waals surface area contributed by atoms with Gasteiger partial charge in [-0.25, -0.2) is 0 Å². The van der Waals surface area contributed by atoms with Crippen molar-refractivity contribution < 1.29 is 14.4 Å². The lowest BCUT2D eigenvalue weighted by atomic mass is 10.1. The van der Waals surface area contributed by atoms with Gasteiger partial charge in [-0.2, -0.15) is 0 Å². The van der Waals surface area contributed by atoms with Gasteiger partial charge in [-0.3, -0.25) is 19.7 Å². The number of likely N-dealkylation sites (N-methyl/N-ethyl adjacent to an activating group) is 1. The Morgan fingerprint density at radius 3 is 2.69 bits per heavy atom. The summed E-state index contributed by atoms with van der Waals surface area (Å²) in [7, 11) is 2.13. The molecule has 0 spiro atoms. The molecule has 1 fully saturated rings. The molecule has 2 heterocycles. The van der Waals surface area contributed by atoms with E-state index in [1.807, 2.05) is 24.0 Å². The lowest BCUT2D eigenvalue weighted by Gasteiger charge is -2.34. The van der Waals surface area contributed by atoms with Gasteiger partial charge < -0.3 is 14.7 Å². The number of hydrogen-bond acceptors (Lipinski definition) is 5. The van der Waals surface area contributed by atoms with Crippen LogP contribution in [0.25, 0.3) is 0 Å². The summed E-state index contributed by atoms with van der Waals surface area (Å²) < 4.78 is 0. The van der Waals surface area contributed by atoms with Crippen molar-refractivity contribution in [2.24, 2.45) is 0 Å². The number of carbonyl (C=O) groups excluding carboxylic acids is 3. The van der Waals surface area contributed by atoms with Crippen LogP contribution in [-0.2, 0) is 16.1 Å². The van der Waals surface area contributed by atoms with Crippen molar-refractivity contribution in [1.29, 1.82) is 0 Å². The lowest BCUT2D eigenvalue weighted by Crippen LogP contribution is -2.44. The number of carbonyl (C=O) groups is 3. The molecule has 2 aliphatic rings. The third kappa shape index (κ3) is 3.88. The largest absolute Gasteiger partial charge is 0.369 e. The molecule has 0 bridgehead atoms. The number of fused-ring (bicyclic) bond motifs is 1. The maximum Gasteiger partial charge on any atom is 0.254 e. The zero-order valence-electron chi connectivity index (χ0n) is 15.4. The first kappa shape index (κ1) is 18.4. The fourth-order valence-electron chi connectivity index (χ4n) is 3.58. The number of hydrogen-bond donors (Lipinski definition) is 1. The first-order valence-electron chi connectivity index (χ1n) is 9.10. The molecular weight excluding hydrogens is 332 g/mol. The van der Waals surface area contributed by atoms with Gasteiger partial charge in [0.15, 0.2) is 0 Å². The minimum Gasteiger partial charge on any atom is -0.369 e. The van der Waals surface area contributed by atoms with Crippen LogP contribution in [0, 0.1) is 0 Å². The molecule has 1 unspecified atom stereocenters. The maximum atomic E-state index is 12.7. The third-order valence-electron chi connectivity index (χ3n) is 5.33. The predicted molar refractivity (Wildman–Crippen MR) is 98.9 cm³/mol. The molecule has 1 N–H and O–H groups in total. The maximum absolute atomic E-state index is 12.7. The minimum absolute atomic E-state index is 0.0215. The second-order valence-corrected chi connectivity index (χ2v) is 7.14. The number of imide groups is 1. The van der Waals surface area contributed by atoms with Gasteiger partial charge in [0.25, 0.3) is 5.91 Å². The Morgan fingerprint density at radius 2 is 2.00 bits per heavy atom. The van der Waals surface area contributed by atoms with Crippen LogP contribution >= 0.6 is 0 Å². The molecule has 7 nitrogen and oxygen atoms in total. The van der Waals surface area contributed by atoms with Crippen molar-refractivity contribution in [3.8, 4) is 0 Å². The molecule has 0 saturated carbocycles. The highest BCUT2D eigenvalue weighted by molar-refractivity contribution is 5.99. The molecule has 140 valence electrons. The Hall–Kier alpha value is -2.41. The molecule has 1 atom stereocenters. The highest BCUT2D eigenvalue weighted by atomic mass is 16.2. The van der Waals surface area contributed by atoms with Crippen molar-refractivity contribution >= 4 is 23.9 Å². The van der Waals surface area contributed by atoms with Crippen LogP contribution in [-0.4, -0.2) is 67.3 Å². The van der Waals surface area contributed by atoms with Gasteiger partial charge in [-0.05, 0) is 44.2 Å². The zero-order chi connectivity index (χ0) is 18.7. The number of nitrogens with zero attached hydrogens (tertiary/aromatic N) is 3. The Morgan fingerprint density at radius 1 is 1.27 bits per heavy atom. The van der Waals surface area contributed by atoms with Gasteiger partial charge in [-0.1, -0.05) is 0 Å². The second kappa shape index (κ2) is 7.86. The first-order chi connectivity index (χ1) is 12.5. The van der Waals surface area contributed by atoms with Crippen LogP contribution in [0.5, 0.6) is 0 Å². The van der Waals surface area contributed by atoms with Crippen molar-refractivity contribution in [3.05, 3.63) is 29.3 Å². The van der Waals surface area contributed by atoms with Gasteiger partial charge in [0, 0.05) is 56.4 Å². The highest BCUT2D eigenvalue weighted by Crippen LogP contribution is 2.30. The van der Waals surface area contributed by atoms with E-state index in [0.717, 1.165) is 37.3 Å². The number of amides is 3. The summed E-state index contributed by atoms with van der Waals surface area (Å²) in [4.78, 5) is 40.9. The van der Waals surface area contributed by atoms with Crippen LogP contribution in [0.3, 0.4) is 0 Å². The number of piperazine rings is 1. The smallest absolute Gasteiger partial charge is 0.254 e. The molecule has 3 rings (SSSR count). The molecular formula is C19H26N4O3. The summed E-state index contributed by atoms with van der Waals surface area (Å²) in [6.45, 7) is 6.60. The summed E-state index contributed by atoms with van der Waals surface area (Å²) in [6, 6.07) is 6.04. The van der Waals surface area contributed by atoms with E-state index in [0.29, 0.717) is 19.4 Å². The van der Waals surface area contributed by atoms with Gasteiger partial charge in [0.05, 0.1) is 0 Å². The van der Waals surface area contributed by atoms with E-state index in [1.54, 1.807) is 0 Å². The Bertz CT molecular complexity index is 698. The highest BCUT2D eigenvalue weighted by Gasteiger charge is 2.31. The lowest BCUT2D eigenvalue weighted by molar-refractivity contribution is -0.125. The Labute approximate surface area is 153 Å². The minimum atomic E-state index is -0.312. The Kier molecular flexibility index (Phi) is 5.56. The van der Waals surface area contributed by atoms with Crippen LogP contribution < -0.4 is 10.2 Å². The number of nitrogens with one attached hydrogen (secondary N) is 1. The van der Waals surface area contributed by atoms with E-state index in [-0.39, 0.29) is 24.3 Å². The molecule has 1 saturated heterocycles. The molecule has 26 heavy (non-hydrogen) atoms. The zero-order valence-corrected chi connectivity index (χ0v) is 15.4. The fraction of sp³-hybridized carbons (Fsp3) is 0.526. The van der Waals surface area contributed by atoms with Crippen LogP contribution in [0.4, 0.5) is 5.69 Å². The van der Waals surface area contributed by atoms with Gasteiger partial charge in [0.2, 0.25) is 12.3 Å². The summed E-state index contributed by atoms with van der Waals surface area (Å²) in [5.74, 6) is -0.290. The molecule has 3 amide bonds. The van der Waals surface area contributed by atoms with E-state index in [4.69, 9.17) is 0 Å². The van der Waals surface area contributed by atoms with E-state index >= 15 is 0 Å². The average Bonchev–Trinajstić information content (AvgIpc) is 2.97. The molecule has 7 heteroatoms. The molecule has 0 aliphatic carbocycles. The second-order valence-electron chi connectivity index (χ2n) is 7.14. The summed E-state index contributed by atoms with van der Waals surface area (Å²) in [6.07, 6.45) is 1.15. The normalized spacial score (nSPS) is 18.6. The van der Waals surface area contributed by atoms with Gasteiger partial charge in [-0.15, -0.1) is 0 Å². The number of rotatable bonds is 6. The number of anilines is 1. The summed E-state index contributed by atoms with van der Waals surface area (Å²) in [5.41, 5.74) is 2.98. The molecule has 1 aromatic carbocycles. The summed E-state index contributed by atoms with van der Waals surface area (Å²) >= 11 is 0. The third-order valence-corrected chi connectivity index (χ3v) is 5.33. The van der Waals surface area contributed by atoms with E-state index < -0.39 is 0 Å². The van der Waals surface area contributed by atoms with Crippen molar-refractivity contribution in [3.63, 3.8) is 0 Å². The fourth-order valence-corrected chi connectivity index (χ4v) is 3.58.